The lowest BCUT2D eigenvalue weighted by atomic mass is 9.65. The summed E-state index contributed by atoms with van der Waals surface area (Å²) in [6, 6.07) is 17.2. The number of hydrogen-bond donors (Lipinski definition) is 3. The van der Waals surface area contributed by atoms with Gasteiger partial charge < -0.3 is 21.5 Å². The monoisotopic (exact) mass is 586 g/mol. The van der Waals surface area contributed by atoms with Gasteiger partial charge in [0.1, 0.15) is 12.8 Å². The molecule has 41 heavy (non-hydrogen) atoms. The number of rotatable bonds is 18. The molecule has 2 rings (SSSR count). The Kier molecular flexibility index (Phi) is 13.8. The highest BCUT2D eigenvalue weighted by molar-refractivity contribution is 6.30. The van der Waals surface area contributed by atoms with Gasteiger partial charge in [-0.25, -0.2) is 4.79 Å². The molecule has 2 unspecified atom stereocenters. The first-order valence-corrected chi connectivity index (χ1v) is 14.4. The van der Waals surface area contributed by atoms with Gasteiger partial charge in [-0.2, -0.15) is 0 Å². The molecule has 0 aliphatic heterocycles. The number of primary amides is 2. The van der Waals surface area contributed by atoms with E-state index in [1.165, 1.54) is 0 Å². The van der Waals surface area contributed by atoms with E-state index in [-0.39, 0.29) is 50.2 Å². The molecule has 0 aliphatic rings. The maximum atomic E-state index is 13.0. The van der Waals surface area contributed by atoms with E-state index in [2.05, 4.69) is 37.4 Å². The van der Waals surface area contributed by atoms with Gasteiger partial charge in [-0.3, -0.25) is 19.3 Å². The Labute approximate surface area is 247 Å². The standard InChI is InChI=1S/C31H43ClN4O5/c1-4-10-24(31(2,22-11-6-5-7-12-22)23-13-8-14-25(32)19-23)20-36(3)21-41-30(40)26(17-18-28(34)38)35-29(39)16-9-15-27(33)37/h5-8,11-14,19,24,26H,4,9-10,15-18,20-21H2,1-3H3,(H2,33,37)(H2,34,38)(H,35,39)/t24?,26-,31?/m0/s1. The lowest BCUT2D eigenvalue weighted by Gasteiger charge is -2.41. The number of hydrogen-bond acceptors (Lipinski definition) is 6. The molecule has 0 bridgehead atoms. The first kappa shape index (κ1) is 33.8. The summed E-state index contributed by atoms with van der Waals surface area (Å²) in [4.78, 5) is 49.5. The van der Waals surface area contributed by atoms with Crippen molar-refractivity contribution in [1.29, 1.82) is 0 Å². The van der Waals surface area contributed by atoms with Crippen LogP contribution in [0.4, 0.5) is 0 Å². The van der Waals surface area contributed by atoms with Gasteiger partial charge >= 0.3 is 5.97 Å². The quantitative estimate of drug-likeness (QED) is 0.178. The van der Waals surface area contributed by atoms with Crippen molar-refractivity contribution in [3.8, 4) is 0 Å². The van der Waals surface area contributed by atoms with E-state index in [0.29, 0.717) is 11.6 Å². The van der Waals surface area contributed by atoms with Gasteiger partial charge in [0.25, 0.3) is 0 Å². The molecule has 3 atom stereocenters. The zero-order valence-electron chi connectivity index (χ0n) is 24.2. The SMILES string of the molecule is CCCC(CN(C)COC(=O)[C@H](CCC(N)=O)NC(=O)CCCC(N)=O)C(C)(c1ccccc1)c1cccc(Cl)c1. The van der Waals surface area contributed by atoms with Crippen molar-refractivity contribution in [1.82, 2.24) is 10.2 Å². The van der Waals surface area contributed by atoms with Gasteiger partial charge in [0.05, 0.1) is 0 Å². The number of ether oxygens (including phenoxy) is 1. The highest BCUT2D eigenvalue weighted by atomic mass is 35.5. The summed E-state index contributed by atoms with van der Waals surface area (Å²) in [6.07, 6.45) is 2.13. The van der Waals surface area contributed by atoms with E-state index in [9.17, 15) is 19.2 Å². The van der Waals surface area contributed by atoms with Crippen LogP contribution in [-0.2, 0) is 29.3 Å². The van der Waals surface area contributed by atoms with Gasteiger partial charge in [-0.05, 0) is 55.5 Å². The summed E-state index contributed by atoms with van der Waals surface area (Å²) in [6.45, 7) is 4.97. The van der Waals surface area contributed by atoms with Crippen LogP contribution >= 0.6 is 11.6 Å². The number of esters is 1. The number of nitrogens with two attached hydrogens (primary N) is 2. The Morgan fingerprint density at radius 3 is 2.22 bits per heavy atom. The third kappa shape index (κ3) is 10.8. The van der Waals surface area contributed by atoms with Crippen LogP contribution in [0.25, 0.3) is 0 Å². The Hall–Kier alpha value is -3.43. The molecule has 2 aromatic carbocycles. The van der Waals surface area contributed by atoms with Crippen molar-refractivity contribution in [2.75, 3.05) is 20.3 Å². The predicted octanol–water partition coefficient (Wildman–Crippen LogP) is 3.90. The van der Waals surface area contributed by atoms with Crippen molar-refractivity contribution in [3.05, 3.63) is 70.7 Å². The predicted molar refractivity (Wildman–Crippen MR) is 160 cm³/mol. The third-order valence-electron chi connectivity index (χ3n) is 7.34. The summed E-state index contributed by atoms with van der Waals surface area (Å²) >= 11 is 6.42. The maximum absolute atomic E-state index is 13.0. The minimum atomic E-state index is -1.04. The number of amides is 3. The first-order chi connectivity index (χ1) is 19.5. The van der Waals surface area contributed by atoms with Crippen molar-refractivity contribution < 1.29 is 23.9 Å². The minimum Gasteiger partial charge on any atom is -0.448 e. The average Bonchev–Trinajstić information content (AvgIpc) is 2.93. The topological polar surface area (TPSA) is 145 Å². The van der Waals surface area contributed by atoms with E-state index in [1.807, 2.05) is 48.3 Å². The highest BCUT2D eigenvalue weighted by Gasteiger charge is 2.38. The van der Waals surface area contributed by atoms with E-state index < -0.39 is 29.7 Å². The molecular formula is C31H43ClN4O5. The van der Waals surface area contributed by atoms with Crippen LogP contribution in [0.15, 0.2) is 54.6 Å². The largest absolute Gasteiger partial charge is 0.448 e. The number of carbonyl (C=O) groups is 4. The smallest absolute Gasteiger partial charge is 0.329 e. The maximum Gasteiger partial charge on any atom is 0.329 e. The molecule has 0 heterocycles. The van der Waals surface area contributed by atoms with Crippen molar-refractivity contribution in [2.45, 2.75) is 70.3 Å². The average molecular weight is 587 g/mol. The van der Waals surface area contributed by atoms with E-state index >= 15 is 0 Å². The second-order valence-electron chi connectivity index (χ2n) is 10.6. The van der Waals surface area contributed by atoms with Crippen LogP contribution in [0.1, 0.15) is 69.9 Å². The normalized spacial score (nSPS) is 14.1. The molecule has 0 fully saturated rings. The molecule has 0 saturated heterocycles. The fourth-order valence-corrected chi connectivity index (χ4v) is 5.26. The van der Waals surface area contributed by atoms with Crippen LogP contribution < -0.4 is 16.8 Å². The summed E-state index contributed by atoms with van der Waals surface area (Å²) in [5.74, 6) is -2.05. The molecule has 0 aromatic heterocycles. The van der Waals surface area contributed by atoms with Gasteiger partial charge in [0, 0.05) is 36.2 Å². The number of carbonyl (C=O) groups excluding carboxylic acids is 4. The van der Waals surface area contributed by atoms with Gasteiger partial charge in [0.15, 0.2) is 0 Å². The van der Waals surface area contributed by atoms with Crippen molar-refractivity contribution >= 4 is 35.3 Å². The molecule has 0 saturated carbocycles. The Morgan fingerprint density at radius 1 is 0.951 bits per heavy atom. The molecule has 0 spiro atoms. The van der Waals surface area contributed by atoms with Gasteiger partial charge in [-0.1, -0.05) is 74.3 Å². The summed E-state index contributed by atoms with van der Waals surface area (Å²) < 4.78 is 5.59. The highest BCUT2D eigenvalue weighted by Crippen LogP contribution is 2.42. The lowest BCUT2D eigenvalue weighted by molar-refractivity contribution is -0.152. The number of halogens is 1. The second kappa shape index (κ2) is 16.7. The number of nitrogens with zero attached hydrogens (tertiary/aromatic N) is 1. The van der Waals surface area contributed by atoms with Crippen LogP contribution in [0, 0.1) is 5.92 Å². The minimum absolute atomic E-state index is 0.00984. The third-order valence-corrected chi connectivity index (χ3v) is 7.57. The molecule has 3 amide bonds. The van der Waals surface area contributed by atoms with Gasteiger partial charge in [0.2, 0.25) is 17.7 Å². The first-order valence-electron chi connectivity index (χ1n) is 14.0. The summed E-state index contributed by atoms with van der Waals surface area (Å²) in [7, 11) is 1.88. The van der Waals surface area contributed by atoms with E-state index in [1.54, 1.807) is 0 Å². The Morgan fingerprint density at radius 2 is 1.61 bits per heavy atom. The fraction of sp³-hybridized carbons (Fsp3) is 0.484. The fourth-order valence-electron chi connectivity index (χ4n) is 5.07. The molecule has 0 aliphatic carbocycles. The van der Waals surface area contributed by atoms with Crippen molar-refractivity contribution in [3.63, 3.8) is 0 Å². The summed E-state index contributed by atoms with van der Waals surface area (Å²) in [5, 5.41) is 3.27. The molecular weight excluding hydrogens is 544 g/mol. The van der Waals surface area contributed by atoms with Crippen LogP contribution in [0.3, 0.4) is 0 Å². The second-order valence-corrected chi connectivity index (χ2v) is 11.1. The Balaban J connectivity index is 2.16. The molecule has 0 radical (unpaired) electrons. The lowest BCUT2D eigenvalue weighted by Crippen LogP contribution is -2.44. The molecule has 224 valence electrons. The van der Waals surface area contributed by atoms with Crippen LogP contribution in [-0.4, -0.2) is 55.0 Å². The van der Waals surface area contributed by atoms with Gasteiger partial charge in [-0.15, -0.1) is 0 Å². The number of nitrogens with one attached hydrogen (secondary N) is 1. The zero-order valence-corrected chi connectivity index (χ0v) is 25.0. The van der Waals surface area contributed by atoms with Crippen molar-refractivity contribution in [2.24, 2.45) is 17.4 Å². The van der Waals surface area contributed by atoms with E-state index in [4.69, 9.17) is 27.8 Å². The summed E-state index contributed by atoms with van der Waals surface area (Å²) in [5.41, 5.74) is 12.3. The number of benzene rings is 2. The molecule has 2 aromatic rings. The van der Waals surface area contributed by atoms with E-state index in [0.717, 1.165) is 24.0 Å². The molecule has 5 N–H and O–H groups in total. The molecule has 9 nitrogen and oxygen atoms in total. The molecule has 10 heteroatoms. The van der Waals surface area contributed by atoms with Crippen LogP contribution in [0.2, 0.25) is 5.02 Å². The Bertz CT molecular complexity index is 1160. The zero-order chi connectivity index (χ0) is 30.4. The van der Waals surface area contributed by atoms with Crippen LogP contribution in [0.5, 0.6) is 0 Å².